The summed E-state index contributed by atoms with van der Waals surface area (Å²) in [5.41, 5.74) is 0. The summed E-state index contributed by atoms with van der Waals surface area (Å²) in [5.74, 6) is -4.10. The fourth-order valence-electron chi connectivity index (χ4n) is 2.12. The van der Waals surface area contributed by atoms with Gasteiger partial charge in [-0.3, -0.25) is 10.1 Å². The number of carboxylic acid groups (broad SMARTS) is 1. The van der Waals surface area contributed by atoms with Gasteiger partial charge >= 0.3 is 5.97 Å². The first-order chi connectivity index (χ1) is 5.50. The summed E-state index contributed by atoms with van der Waals surface area (Å²) in [7, 11) is 0. The van der Waals surface area contributed by atoms with Gasteiger partial charge in [0.05, 0.1) is 6.04 Å². The highest BCUT2D eigenvalue weighted by molar-refractivity contribution is 5.74. The van der Waals surface area contributed by atoms with Gasteiger partial charge in [-0.2, -0.15) is 0 Å². The molecule has 1 aliphatic carbocycles. The average molecular weight is 177 g/mol. The van der Waals surface area contributed by atoms with Crippen LogP contribution in [0.2, 0.25) is 0 Å². The molecule has 68 valence electrons. The van der Waals surface area contributed by atoms with Crippen LogP contribution in [-0.4, -0.2) is 29.1 Å². The Kier molecular flexibility index (Phi) is 1.42. The third-order valence-corrected chi connectivity index (χ3v) is 2.70. The summed E-state index contributed by atoms with van der Waals surface area (Å²) in [4.78, 5) is 10.5. The van der Waals surface area contributed by atoms with Gasteiger partial charge in [-0.1, -0.05) is 0 Å². The average Bonchev–Trinajstić information content (AvgIpc) is 2.40. The van der Waals surface area contributed by atoms with Crippen molar-refractivity contribution in [2.75, 3.05) is 0 Å². The molecule has 2 aliphatic rings. The van der Waals surface area contributed by atoms with Crippen molar-refractivity contribution in [1.29, 1.82) is 0 Å². The summed E-state index contributed by atoms with van der Waals surface area (Å²) in [6, 6.07) is -1.67. The van der Waals surface area contributed by atoms with E-state index < -0.39 is 24.0 Å². The Balaban J connectivity index is 2.13. The largest absolute Gasteiger partial charge is 0.480 e. The quantitative estimate of drug-likeness (QED) is 0.611. The number of piperidine rings is 1. The van der Waals surface area contributed by atoms with E-state index in [-0.39, 0.29) is 12.3 Å². The molecule has 2 rings (SSSR count). The molecule has 1 aliphatic heterocycles. The standard InChI is InChI=1S/C7H9F2NO2/c8-7(9)2-3-1-4(7)10-5(3)6(11)12/h3-5,10H,1-2H2,(H,11,12)/t3-,4+,5-/m0/s1. The first-order valence-corrected chi connectivity index (χ1v) is 3.87. The SMILES string of the molecule is O=C(O)[C@H]1N[C@@H]2C[C@H]1CC2(F)F. The first kappa shape index (κ1) is 7.91. The van der Waals surface area contributed by atoms with Crippen LogP contribution in [0.25, 0.3) is 0 Å². The van der Waals surface area contributed by atoms with Crippen molar-refractivity contribution in [2.24, 2.45) is 5.92 Å². The number of fused-ring (bicyclic) bond motifs is 2. The molecule has 0 amide bonds. The van der Waals surface area contributed by atoms with Crippen LogP contribution in [0.1, 0.15) is 12.8 Å². The van der Waals surface area contributed by atoms with Gasteiger partial charge < -0.3 is 5.11 Å². The van der Waals surface area contributed by atoms with Gasteiger partial charge in [0.25, 0.3) is 5.92 Å². The highest BCUT2D eigenvalue weighted by Crippen LogP contribution is 2.45. The van der Waals surface area contributed by atoms with Crippen molar-refractivity contribution in [3.63, 3.8) is 0 Å². The predicted octanol–water partition coefficient (Wildman–Crippen LogP) is 0.457. The lowest BCUT2D eigenvalue weighted by molar-refractivity contribution is -0.142. The molecular weight excluding hydrogens is 168 g/mol. The molecule has 2 N–H and O–H groups in total. The van der Waals surface area contributed by atoms with Gasteiger partial charge in [0.2, 0.25) is 0 Å². The number of hydrogen-bond donors (Lipinski definition) is 2. The van der Waals surface area contributed by atoms with Crippen LogP contribution in [0.5, 0.6) is 0 Å². The van der Waals surface area contributed by atoms with Crippen LogP contribution in [0.4, 0.5) is 8.78 Å². The molecule has 1 heterocycles. The van der Waals surface area contributed by atoms with Crippen molar-refractivity contribution < 1.29 is 18.7 Å². The molecular formula is C7H9F2NO2. The van der Waals surface area contributed by atoms with Gasteiger partial charge in [-0.25, -0.2) is 8.78 Å². The van der Waals surface area contributed by atoms with Crippen LogP contribution < -0.4 is 5.32 Å². The molecule has 3 atom stereocenters. The fourth-order valence-corrected chi connectivity index (χ4v) is 2.12. The highest BCUT2D eigenvalue weighted by Gasteiger charge is 2.58. The Morgan fingerprint density at radius 2 is 2.25 bits per heavy atom. The molecule has 1 saturated carbocycles. The third kappa shape index (κ3) is 0.924. The van der Waals surface area contributed by atoms with Gasteiger partial charge in [0.15, 0.2) is 0 Å². The minimum absolute atomic E-state index is 0.276. The summed E-state index contributed by atoms with van der Waals surface area (Å²) in [6.07, 6.45) is 0.0194. The molecule has 0 aromatic carbocycles. The zero-order valence-corrected chi connectivity index (χ0v) is 6.26. The lowest BCUT2D eigenvalue weighted by Crippen LogP contribution is -2.50. The number of halogens is 2. The second-order valence-corrected chi connectivity index (χ2v) is 3.50. The van der Waals surface area contributed by atoms with E-state index in [1.807, 2.05) is 0 Å². The number of rotatable bonds is 1. The Hall–Kier alpha value is -0.710. The van der Waals surface area contributed by atoms with E-state index in [2.05, 4.69) is 5.32 Å². The van der Waals surface area contributed by atoms with E-state index in [0.29, 0.717) is 6.42 Å². The predicted molar refractivity (Wildman–Crippen MR) is 36.0 cm³/mol. The molecule has 0 aromatic heterocycles. The summed E-state index contributed by atoms with van der Waals surface area (Å²) >= 11 is 0. The molecule has 2 bridgehead atoms. The van der Waals surface area contributed by atoms with Crippen LogP contribution in [-0.2, 0) is 4.79 Å². The van der Waals surface area contributed by atoms with Crippen molar-refractivity contribution in [2.45, 2.75) is 30.8 Å². The van der Waals surface area contributed by atoms with Gasteiger partial charge in [0, 0.05) is 6.42 Å². The molecule has 2 fully saturated rings. The number of alkyl halides is 2. The van der Waals surface area contributed by atoms with Crippen LogP contribution in [0, 0.1) is 5.92 Å². The molecule has 0 spiro atoms. The first-order valence-electron chi connectivity index (χ1n) is 3.87. The number of carboxylic acids is 1. The second-order valence-electron chi connectivity index (χ2n) is 3.50. The molecule has 12 heavy (non-hydrogen) atoms. The molecule has 0 aromatic rings. The summed E-state index contributed by atoms with van der Waals surface area (Å²) in [5, 5.41) is 11.0. The minimum Gasteiger partial charge on any atom is -0.480 e. The number of carbonyl (C=O) groups is 1. The van der Waals surface area contributed by atoms with Gasteiger partial charge in [-0.05, 0) is 12.3 Å². The summed E-state index contributed by atoms with van der Waals surface area (Å²) in [6.45, 7) is 0. The van der Waals surface area contributed by atoms with Gasteiger partial charge in [0.1, 0.15) is 6.04 Å². The fraction of sp³-hybridized carbons (Fsp3) is 0.857. The Morgan fingerprint density at radius 3 is 2.58 bits per heavy atom. The Morgan fingerprint density at radius 1 is 1.58 bits per heavy atom. The van der Waals surface area contributed by atoms with E-state index in [1.165, 1.54) is 0 Å². The Labute approximate surface area is 67.8 Å². The monoisotopic (exact) mass is 177 g/mol. The van der Waals surface area contributed by atoms with E-state index >= 15 is 0 Å². The zero-order chi connectivity index (χ0) is 8.93. The number of nitrogens with one attached hydrogen (secondary N) is 1. The van der Waals surface area contributed by atoms with Gasteiger partial charge in [-0.15, -0.1) is 0 Å². The molecule has 3 nitrogen and oxygen atoms in total. The van der Waals surface area contributed by atoms with Crippen molar-refractivity contribution in [1.82, 2.24) is 5.32 Å². The number of hydrogen-bond acceptors (Lipinski definition) is 2. The maximum atomic E-state index is 12.8. The van der Waals surface area contributed by atoms with E-state index in [9.17, 15) is 13.6 Å². The zero-order valence-electron chi connectivity index (χ0n) is 6.26. The van der Waals surface area contributed by atoms with Crippen LogP contribution in [0.15, 0.2) is 0 Å². The lowest BCUT2D eigenvalue weighted by Gasteiger charge is -2.26. The maximum Gasteiger partial charge on any atom is 0.320 e. The van der Waals surface area contributed by atoms with Crippen LogP contribution in [0.3, 0.4) is 0 Å². The van der Waals surface area contributed by atoms with E-state index in [1.54, 1.807) is 0 Å². The van der Waals surface area contributed by atoms with Crippen LogP contribution >= 0.6 is 0 Å². The van der Waals surface area contributed by atoms with E-state index in [0.717, 1.165) is 0 Å². The normalized spacial score (nSPS) is 43.3. The Bertz CT molecular complexity index is 231. The third-order valence-electron chi connectivity index (χ3n) is 2.70. The van der Waals surface area contributed by atoms with Crippen molar-refractivity contribution in [3.8, 4) is 0 Å². The molecule has 5 heteroatoms. The molecule has 1 saturated heterocycles. The maximum absolute atomic E-state index is 12.8. The van der Waals surface area contributed by atoms with Crippen molar-refractivity contribution >= 4 is 5.97 Å². The van der Waals surface area contributed by atoms with E-state index in [4.69, 9.17) is 5.11 Å². The van der Waals surface area contributed by atoms with Crippen molar-refractivity contribution in [3.05, 3.63) is 0 Å². The summed E-state index contributed by atoms with van der Waals surface area (Å²) < 4.78 is 25.6. The molecule has 0 unspecified atom stereocenters. The molecule has 0 radical (unpaired) electrons. The minimum atomic E-state index is -2.70. The smallest absolute Gasteiger partial charge is 0.320 e. The second kappa shape index (κ2) is 2.16. The highest BCUT2D eigenvalue weighted by atomic mass is 19.3. The lowest BCUT2D eigenvalue weighted by atomic mass is 9.99. The topological polar surface area (TPSA) is 49.3 Å². The number of aliphatic carboxylic acids is 1.